The number of carbonyl (C=O) groups excluding carboxylic acids is 2. The zero-order valence-electron chi connectivity index (χ0n) is 28.7. The van der Waals surface area contributed by atoms with Gasteiger partial charge in [0.2, 0.25) is 11.8 Å². The summed E-state index contributed by atoms with van der Waals surface area (Å²) in [7, 11) is 1.65. The average Bonchev–Trinajstić information content (AvgIpc) is 3.44. The van der Waals surface area contributed by atoms with Gasteiger partial charge in [-0.3, -0.25) is 14.6 Å². The lowest BCUT2D eigenvalue weighted by Crippen LogP contribution is -2.53. The van der Waals surface area contributed by atoms with Crippen molar-refractivity contribution in [3.63, 3.8) is 0 Å². The Labute approximate surface area is 302 Å². The van der Waals surface area contributed by atoms with Crippen LogP contribution in [0.15, 0.2) is 83.0 Å². The summed E-state index contributed by atoms with van der Waals surface area (Å²) in [5, 5.41) is 5.41. The SMILES string of the molecule is Cc1cc(-c2cc(Cl)c(Sc3ncccc3CN)c(CNC(=O)[C@H](Cc3c(C)[nH]c4ccccc34)N(C)C(=O)[C@@H](N)CCCCN)c2)ccn1. The van der Waals surface area contributed by atoms with Crippen molar-refractivity contribution in [1.82, 2.24) is 25.2 Å². The Morgan fingerprint density at radius 3 is 2.54 bits per heavy atom. The Balaban J connectivity index is 1.49. The van der Waals surface area contributed by atoms with Crippen molar-refractivity contribution in [3.8, 4) is 11.1 Å². The topological polar surface area (TPSA) is 169 Å². The van der Waals surface area contributed by atoms with E-state index in [0.29, 0.717) is 31.0 Å². The number of hydrogen-bond acceptors (Lipinski definition) is 8. The van der Waals surface area contributed by atoms with Gasteiger partial charge in [-0.1, -0.05) is 54.0 Å². The number of unbranched alkanes of at least 4 members (excludes halogenated alkanes) is 1. The van der Waals surface area contributed by atoms with Gasteiger partial charge in [0.25, 0.3) is 0 Å². The fraction of sp³-hybridized carbons (Fsp3) is 0.316. The third kappa shape index (κ3) is 8.72. The molecule has 0 fully saturated rings. The van der Waals surface area contributed by atoms with Crippen LogP contribution in [0.25, 0.3) is 22.0 Å². The van der Waals surface area contributed by atoms with Gasteiger partial charge in [-0.15, -0.1) is 0 Å². The minimum Gasteiger partial charge on any atom is -0.358 e. The zero-order chi connectivity index (χ0) is 35.8. The average molecular weight is 713 g/mol. The van der Waals surface area contributed by atoms with E-state index in [9.17, 15) is 9.59 Å². The molecule has 2 atom stereocenters. The maximum Gasteiger partial charge on any atom is 0.243 e. The number of aromatic amines is 1. The predicted molar refractivity (Wildman–Crippen MR) is 202 cm³/mol. The highest BCUT2D eigenvalue weighted by atomic mass is 35.5. The van der Waals surface area contributed by atoms with Crippen molar-refractivity contribution < 1.29 is 9.59 Å². The monoisotopic (exact) mass is 712 g/mol. The van der Waals surface area contributed by atoms with Gasteiger partial charge in [-0.05, 0) is 97.4 Å². The number of nitrogens with two attached hydrogens (primary N) is 3. The van der Waals surface area contributed by atoms with Gasteiger partial charge >= 0.3 is 0 Å². The van der Waals surface area contributed by atoms with E-state index in [0.717, 1.165) is 72.9 Å². The first kappa shape index (κ1) is 37.0. The molecule has 0 aliphatic heterocycles. The third-order valence-electron chi connectivity index (χ3n) is 8.90. The number of likely N-dealkylation sites (N-methyl/N-ethyl adjacent to an activating group) is 1. The lowest BCUT2D eigenvalue weighted by atomic mass is 9.99. The van der Waals surface area contributed by atoms with Crippen molar-refractivity contribution in [2.75, 3.05) is 13.6 Å². The van der Waals surface area contributed by atoms with Crippen LogP contribution in [0.5, 0.6) is 0 Å². The number of para-hydroxylation sites is 1. The Kier molecular flexibility index (Phi) is 12.7. The number of carbonyl (C=O) groups is 2. The van der Waals surface area contributed by atoms with Gasteiger partial charge in [0.1, 0.15) is 11.1 Å². The van der Waals surface area contributed by atoms with Crippen LogP contribution in [0.4, 0.5) is 0 Å². The van der Waals surface area contributed by atoms with Crippen molar-refractivity contribution in [2.45, 2.75) is 74.6 Å². The number of halogens is 1. The summed E-state index contributed by atoms with van der Waals surface area (Å²) >= 11 is 8.42. The first-order valence-electron chi connectivity index (χ1n) is 16.7. The van der Waals surface area contributed by atoms with Gasteiger partial charge in [0.05, 0.1) is 11.1 Å². The van der Waals surface area contributed by atoms with E-state index in [1.54, 1.807) is 19.4 Å². The summed E-state index contributed by atoms with van der Waals surface area (Å²) in [6.45, 7) is 4.91. The second kappa shape index (κ2) is 17.1. The van der Waals surface area contributed by atoms with E-state index >= 15 is 0 Å². The van der Waals surface area contributed by atoms with E-state index in [2.05, 4.69) is 20.3 Å². The molecule has 5 aromatic rings. The molecule has 0 radical (unpaired) electrons. The predicted octanol–water partition coefficient (Wildman–Crippen LogP) is 5.65. The van der Waals surface area contributed by atoms with Crippen LogP contribution in [0, 0.1) is 13.8 Å². The fourth-order valence-corrected chi connectivity index (χ4v) is 7.46. The number of amides is 2. The molecule has 262 valence electrons. The summed E-state index contributed by atoms with van der Waals surface area (Å²) in [6.07, 6.45) is 5.76. The summed E-state index contributed by atoms with van der Waals surface area (Å²) in [5.74, 6) is -0.601. The molecule has 0 saturated heterocycles. The molecule has 0 unspecified atom stereocenters. The number of benzene rings is 2. The number of aromatic nitrogens is 3. The van der Waals surface area contributed by atoms with Gasteiger partial charge in [-0.25, -0.2) is 4.98 Å². The van der Waals surface area contributed by atoms with Crippen LogP contribution in [0.1, 0.15) is 47.3 Å². The van der Waals surface area contributed by atoms with Gasteiger partial charge in [-0.2, -0.15) is 0 Å². The number of aryl methyl sites for hydroxylation is 2. The molecule has 2 aromatic carbocycles. The van der Waals surface area contributed by atoms with Crippen molar-refractivity contribution in [3.05, 3.63) is 106 Å². The highest BCUT2D eigenvalue weighted by Crippen LogP contribution is 2.39. The molecule has 2 amide bonds. The molecule has 0 aliphatic rings. The third-order valence-corrected chi connectivity index (χ3v) is 10.6. The minimum absolute atomic E-state index is 0.150. The Morgan fingerprint density at radius 1 is 0.980 bits per heavy atom. The molecule has 0 spiro atoms. The van der Waals surface area contributed by atoms with Crippen LogP contribution in [0.3, 0.4) is 0 Å². The Bertz CT molecular complexity index is 1960. The van der Waals surface area contributed by atoms with E-state index in [-0.39, 0.29) is 18.4 Å². The first-order valence-corrected chi connectivity index (χ1v) is 17.9. The highest BCUT2D eigenvalue weighted by Gasteiger charge is 2.31. The molecule has 3 aromatic heterocycles. The molecule has 0 saturated carbocycles. The zero-order valence-corrected chi connectivity index (χ0v) is 30.3. The van der Waals surface area contributed by atoms with Gasteiger partial charge < -0.3 is 32.4 Å². The van der Waals surface area contributed by atoms with E-state index in [4.69, 9.17) is 28.8 Å². The number of hydrogen-bond donors (Lipinski definition) is 5. The Hall–Kier alpha value is -4.26. The molecule has 10 nitrogen and oxygen atoms in total. The minimum atomic E-state index is -0.835. The molecular weight excluding hydrogens is 668 g/mol. The van der Waals surface area contributed by atoms with E-state index in [1.165, 1.54) is 16.7 Å². The number of rotatable bonds is 15. The normalized spacial score (nSPS) is 12.5. The number of H-pyrrole nitrogens is 1. The van der Waals surface area contributed by atoms with Crippen LogP contribution in [-0.2, 0) is 29.1 Å². The standard InChI is InChI=1S/C38H45ClN8O2S/c1-23-17-25(13-16-43-23)27-18-28(35(31(39)19-27)50-37-26(21-41)9-8-15-44-37)22-45-36(48)34(47(3)38(49)32(42)11-6-7-14-40)20-30-24(2)46-33-12-5-4-10-29(30)33/h4-5,8-10,12-13,15-19,32,34,46H,6-7,11,14,20-22,40-42H2,1-3H3,(H,45,48)/t32-,34-/m0/s1. The molecule has 0 aliphatic carbocycles. The van der Waals surface area contributed by atoms with Crippen molar-refractivity contribution in [1.29, 1.82) is 0 Å². The molecule has 12 heteroatoms. The lowest BCUT2D eigenvalue weighted by molar-refractivity contribution is -0.140. The van der Waals surface area contributed by atoms with Crippen molar-refractivity contribution in [2.24, 2.45) is 17.2 Å². The first-order chi connectivity index (χ1) is 24.1. The highest BCUT2D eigenvalue weighted by molar-refractivity contribution is 7.99. The second-order valence-electron chi connectivity index (χ2n) is 12.5. The van der Waals surface area contributed by atoms with Gasteiger partial charge in [0.15, 0.2) is 0 Å². The number of fused-ring (bicyclic) bond motifs is 1. The maximum atomic E-state index is 14.3. The maximum absolute atomic E-state index is 14.3. The summed E-state index contributed by atoms with van der Waals surface area (Å²) in [4.78, 5) is 42.6. The molecule has 5 rings (SSSR count). The Morgan fingerprint density at radius 2 is 1.78 bits per heavy atom. The summed E-state index contributed by atoms with van der Waals surface area (Å²) in [6, 6.07) is 18.0. The lowest BCUT2D eigenvalue weighted by Gasteiger charge is -2.30. The number of nitrogens with one attached hydrogen (secondary N) is 2. The number of pyridine rings is 2. The molecule has 8 N–H and O–H groups in total. The quantitative estimate of drug-likeness (QED) is 0.0868. The second-order valence-corrected chi connectivity index (χ2v) is 13.9. The van der Waals surface area contributed by atoms with Crippen LogP contribution in [-0.4, -0.2) is 57.3 Å². The van der Waals surface area contributed by atoms with Crippen molar-refractivity contribution >= 4 is 46.1 Å². The summed E-state index contributed by atoms with van der Waals surface area (Å²) in [5.41, 5.74) is 25.3. The van der Waals surface area contributed by atoms with Gasteiger partial charge in [0, 0.05) is 66.1 Å². The van der Waals surface area contributed by atoms with E-state index in [1.807, 2.05) is 74.5 Å². The van der Waals surface area contributed by atoms with Crippen LogP contribution in [0.2, 0.25) is 5.02 Å². The summed E-state index contributed by atoms with van der Waals surface area (Å²) < 4.78 is 0. The van der Waals surface area contributed by atoms with Crippen LogP contribution >= 0.6 is 23.4 Å². The number of nitrogens with zero attached hydrogens (tertiary/aromatic N) is 3. The largest absolute Gasteiger partial charge is 0.358 e. The molecular formula is C38H45ClN8O2S. The smallest absolute Gasteiger partial charge is 0.243 e. The molecule has 3 heterocycles. The molecule has 0 bridgehead atoms. The van der Waals surface area contributed by atoms with E-state index < -0.39 is 12.1 Å². The fourth-order valence-electron chi connectivity index (χ4n) is 6.10. The molecule has 50 heavy (non-hydrogen) atoms. The van der Waals surface area contributed by atoms with Crippen LogP contribution < -0.4 is 22.5 Å².